The molecule has 10 heteroatoms. The van der Waals surface area contributed by atoms with Crippen LogP contribution in [-0.2, 0) is 21.2 Å². The molecule has 0 aromatic heterocycles. The van der Waals surface area contributed by atoms with Gasteiger partial charge in [0.05, 0.1) is 32.7 Å². The summed E-state index contributed by atoms with van der Waals surface area (Å²) in [5.41, 5.74) is 1.27. The minimum Gasteiger partial charge on any atom is -0.493 e. The summed E-state index contributed by atoms with van der Waals surface area (Å²) in [6.07, 6.45) is 0.661. The summed E-state index contributed by atoms with van der Waals surface area (Å²) in [4.78, 5) is 12.6. The SMILES string of the molecule is COc1ccc(CCNC(=O)C2CN(S(C)(=O)=O)c3cc(Cl)ccc3O2)cc1OC. The topological polar surface area (TPSA) is 94.2 Å². The molecule has 30 heavy (non-hydrogen) atoms. The number of hydrogen-bond donors (Lipinski definition) is 1. The Morgan fingerprint density at radius 3 is 2.60 bits per heavy atom. The summed E-state index contributed by atoms with van der Waals surface area (Å²) in [5, 5.41) is 3.18. The van der Waals surface area contributed by atoms with E-state index in [2.05, 4.69) is 5.32 Å². The molecule has 0 spiro atoms. The minimum atomic E-state index is -3.61. The molecule has 8 nitrogen and oxygen atoms in total. The normalized spacial score (nSPS) is 15.7. The Bertz CT molecular complexity index is 1040. The summed E-state index contributed by atoms with van der Waals surface area (Å²) in [6, 6.07) is 10.2. The second-order valence-corrected chi connectivity index (χ2v) is 9.09. The first-order valence-corrected chi connectivity index (χ1v) is 11.4. The Morgan fingerprint density at radius 2 is 1.93 bits per heavy atom. The van der Waals surface area contributed by atoms with Crippen molar-refractivity contribution in [3.63, 3.8) is 0 Å². The summed E-state index contributed by atoms with van der Waals surface area (Å²) in [7, 11) is -0.490. The fourth-order valence-corrected chi connectivity index (χ4v) is 4.23. The number of hydrogen-bond acceptors (Lipinski definition) is 6. The largest absolute Gasteiger partial charge is 0.493 e. The fourth-order valence-electron chi connectivity index (χ4n) is 3.16. The van der Waals surface area contributed by atoms with Gasteiger partial charge in [0.25, 0.3) is 5.91 Å². The third-order valence-corrected chi connectivity index (χ3v) is 6.03. The summed E-state index contributed by atoms with van der Waals surface area (Å²) in [5.74, 6) is 1.12. The predicted octanol–water partition coefficient (Wildman–Crippen LogP) is 2.24. The molecule has 0 aliphatic carbocycles. The maximum absolute atomic E-state index is 12.6. The number of methoxy groups -OCH3 is 2. The second kappa shape index (κ2) is 9.01. The molecule has 0 saturated carbocycles. The van der Waals surface area contributed by atoms with Crippen molar-refractivity contribution in [2.75, 3.05) is 37.9 Å². The molecule has 1 heterocycles. The Labute approximate surface area is 180 Å². The number of carbonyl (C=O) groups excluding carboxylic acids is 1. The van der Waals surface area contributed by atoms with Crippen LogP contribution in [0.15, 0.2) is 36.4 Å². The van der Waals surface area contributed by atoms with Crippen molar-refractivity contribution in [1.29, 1.82) is 0 Å². The minimum absolute atomic E-state index is 0.131. The van der Waals surface area contributed by atoms with Crippen LogP contribution < -0.4 is 23.8 Å². The number of halogens is 1. The van der Waals surface area contributed by atoms with Gasteiger partial charge in [-0.15, -0.1) is 0 Å². The van der Waals surface area contributed by atoms with E-state index in [9.17, 15) is 13.2 Å². The van der Waals surface area contributed by atoms with E-state index >= 15 is 0 Å². The van der Waals surface area contributed by atoms with Gasteiger partial charge in [0.2, 0.25) is 10.0 Å². The molecule has 1 N–H and O–H groups in total. The molecule has 3 rings (SSSR count). The lowest BCUT2D eigenvalue weighted by Gasteiger charge is -2.34. The highest BCUT2D eigenvalue weighted by atomic mass is 35.5. The van der Waals surface area contributed by atoms with Gasteiger partial charge in [-0.3, -0.25) is 9.10 Å². The van der Waals surface area contributed by atoms with E-state index < -0.39 is 22.0 Å². The zero-order valence-corrected chi connectivity index (χ0v) is 18.4. The number of benzene rings is 2. The van der Waals surface area contributed by atoms with Crippen LogP contribution in [0.25, 0.3) is 0 Å². The van der Waals surface area contributed by atoms with Crippen LogP contribution in [0.3, 0.4) is 0 Å². The fraction of sp³-hybridized carbons (Fsp3) is 0.350. The molecule has 0 fully saturated rings. The van der Waals surface area contributed by atoms with Gasteiger partial charge in [0.15, 0.2) is 17.6 Å². The molecule has 162 valence electrons. The van der Waals surface area contributed by atoms with Crippen molar-refractivity contribution in [3.05, 3.63) is 47.0 Å². The van der Waals surface area contributed by atoms with Gasteiger partial charge in [-0.1, -0.05) is 17.7 Å². The molecule has 0 bridgehead atoms. The number of sulfonamides is 1. The van der Waals surface area contributed by atoms with Gasteiger partial charge in [-0.05, 0) is 42.3 Å². The Hall–Kier alpha value is -2.65. The standard InChI is InChI=1S/C20H23ClN2O6S/c1-27-17-6-4-13(10-18(17)28-2)8-9-22-20(24)19-12-23(30(3,25)26)15-11-14(21)5-7-16(15)29-19/h4-7,10-11,19H,8-9,12H2,1-3H3,(H,22,24). The van der Waals surface area contributed by atoms with Crippen LogP contribution in [-0.4, -0.2) is 54.0 Å². The smallest absolute Gasteiger partial charge is 0.263 e. The zero-order chi connectivity index (χ0) is 21.9. The molecule has 1 atom stereocenters. The number of rotatable bonds is 7. The number of ether oxygens (including phenoxy) is 3. The first-order chi connectivity index (χ1) is 14.2. The zero-order valence-electron chi connectivity index (χ0n) is 16.8. The summed E-state index contributed by atoms with van der Waals surface area (Å²) < 4.78 is 41.8. The number of fused-ring (bicyclic) bond motifs is 1. The van der Waals surface area contributed by atoms with Crippen molar-refractivity contribution < 1.29 is 27.4 Å². The maximum Gasteiger partial charge on any atom is 0.263 e. The lowest BCUT2D eigenvalue weighted by molar-refractivity contribution is -0.127. The van der Waals surface area contributed by atoms with E-state index in [1.165, 1.54) is 6.07 Å². The Morgan fingerprint density at radius 1 is 1.20 bits per heavy atom. The highest BCUT2D eigenvalue weighted by molar-refractivity contribution is 7.92. The van der Waals surface area contributed by atoms with Crippen LogP contribution in [0.2, 0.25) is 5.02 Å². The van der Waals surface area contributed by atoms with Crippen LogP contribution in [0.4, 0.5) is 5.69 Å². The van der Waals surface area contributed by atoms with Crippen molar-refractivity contribution >= 4 is 33.2 Å². The van der Waals surface area contributed by atoms with Gasteiger partial charge in [-0.25, -0.2) is 8.42 Å². The quantitative estimate of drug-likeness (QED) is 0.689. The van der Waals surface area contributed by atoms with Gasteiger partial charge < -0.3 is 19.5 Å². The highest BCUT2D eigenvalue weighted by Gasteiger charge is 2.35. The van der Waals surface area contributed by atoms with Crippen LogP contribution in [0, 0.1) is 0 Å². The lowest BCUT2D eigenvalue weighted by atomic mass is 10.1. The van der Waals surface area contributed by atoms with Gasteiger partial charge >= 0.3 is 0 Å². The first-order valence-electron chi connectivity index (χ1n) is 9.15. The second-order valence-electron chi connectivity index (χ2n) is 6.74. The average molecular weight is 455 g/mol. The third kappa shape index (κ3) is 4.91. The molecule has 1 amide bonds. The highest BCUT2D eigenvalue weighted by Crippen LogP contribution is 2.37. The third-order valence-electron chi connectivity index (χ3n) is 4.64. The molecule has 1 aliphatic rings. The van der Waals surface area contributed by atoms with Crippen LogP contribution in [0.5, 0.6) is 17.2 Å². The van der Waals surface area contributed by atoms with Crippen LogP contribution in [0.1, 0.15) is 5.56 Å². The van der Waals surface area contributed by atoms with Crippen molar-refractivity contribution in [2.45, 2.75) is 12.5 Å². The number of anilines is 1. The predicted molar refractivity (Wildman–Crippen MR) is 114 cm³/mol. The molecule has 0 saturated heterocycles. The molecular weight excluding hydrogens is 432 g/mol. The summed E-state index contributed by atoms with van der Waals surface area (Å²) in [6.45, 7) is 0.217. The van der Waals surface area contributed by atoms with Crippen molar-refractivity contribution in [1.82, 2.24) is 5.32 Å². The maximum atomic E-state index is 12.6. The van der Waals surface area contributed by atoms with E-state index in [0.717, 1.165) is 16.1 Å². The van der Waals surface area contributed by atoms with E-state index in [-0.39, 0.29) is 12.3 Å². The Kier molecular flexibility index (Phi) is 6.62. The Balaban J connectivity index is 1.67. The van der Waals surface area contributed by atoms with E-state index in [1.807, 2.05) is 12.1 Å². The van der Waals surface area contributed by atoms with E-state index in [0.29, 0.717) is 35.2 Å². The monoisotopic (exact) mass is 454 g/mol. The molecule has 2 aromatic rings. The molecule has 1 unspecified atom stereocenters. The number of carbonyl (C=O) groups is 1. The van der Waals surface area contributed by atoms with Crippen molar-refractivity contribution in [2.24, 2.45) is 0 Å². The van der Waals surface area contributed by atoms with Crippen LogP contribution >= 0.6 is 11.6 Å². The van der Waals surface area contributed by atoms with Gasteiger partial charge in [-0.2, -0.15) is 0 Å². The average Bonchev–Trinajstić information content (AvgIpc) is 2.71. The number of nitrogens with zero attached hydrogens (tertiary/aromatic N) is 1. The molecule has 0 radical (unpaired) electrons. The molecular formula is C20H23ClN2O6S. The molecule has 2 aromatic carbocycles. The number of amides is 1. The van der Waals surface area contributed by atoms with E-state index in [4.69, 9.17) is 25.8 Å². The first kappa shape index (κ1) is 22.0. The van der Waals surface area contributed by atoms with Crippen molar-refractivity contribution in [3.8, 4) is 17.2 Å². The number of nitrogens with one attached hydrogen (secondary N) is 1. The van der Waals surface area contributed by atoms with E-state index in [1.54, 1.807) is 32.4 Å². The lowest BCUT2D eigenvalue weighted by Crippen LogP contribution is -2.50. The van der Waals surface area contributed by atoms with Gasteiger partial charge in [0, 0.05) is 11.6 Å². The summed E-state index contributed by atoms with van der Waals surface area (Å²) >= 11 is 5.99. The van der Waals surface area contributed by atoms with Gasteiger partial charge in [0.1, 0.15) is 5.75 Å². The molecule has 1 aliphatic heterocycles.